The van der Waals surface area contributed by atoms with Gasteiger partial charge in [-0.3, -0.25) is 0 Å². The molecule has 0 aromatic heterocycles. The molecule has 1 aromatic rings. The topological polar surface area (TPSA) is 82.0 Å². The molecule has 21 heavy (non-hydrogen) atoms. The van der Waals surface area contributed by atoms with Crippen LogP contribution in [0.5, 0.6) is 11.5 Å². The van der Waals surface area contributed by atoms with Gasteiger partial charge in [0.25, 0.3) is 0 Å². The van der Waals surface area contributed by atoms with Crippen LogP contribution in [0.4, 0.5) is 4.39 Å². The van der Waals surface area contributed by atoms with Crippen molar-refractivity contribution in [1.82, 2.24) is 0 Å². The maximum atomic E-state index is 14.3. The minimum Gasteiger partial charge on any atom is -0.492 e. The molecule has 8 heteroatoms. The van der Waals surface area contributed by atoms with Gasteiger partial charge in [-0.15, -0.1) is 0 Å². The smallest absolute Gasteiger partial charge is 0.235 e. The van der Waals surface area contributed by atoms with Crippen molar-refractivity contribution >= 4 is 15.9 Å². The van der Waals surface area contributed by atoms with Gasteiger partial charge in [-0.25, -0.2) is 17.6 Å². The molecule has 0 aliphatic heterocycles. The van der Waals surface area contributed by atoms with E-state index in [4.69, 9.17) is 9.47 Å². The highest BCUT2D eigenvalue weighted by molar-refractivity contribution is 7.90. The van der Waals surface area contributed by atoms with Crippen molar-refractivity contribution in [3.63, 3.8) is 0 Å². The Morgan fingerprint density at radius 1 is 1.29 bits per heavy atom. The van der Waals surface area contributed by atoms with Crippen LogP contribution in [0.2, 0.25) is 0 Å². The average molecular weight is 315 g/mol. The van der Waals surface area contributed by atoms with E-state index >= 15 is 0 Å². The third-order valence-electron chi connectivity index (χ3n) is 3.41. The van der Waals surface area contributed by atoms with Gasteiger partial charge in [0, 0.05) is 11.8 Å². The number of sulfone groups is 1. The third-order valence-corrected chi connectivity index (χ3v) is 4.53. The number of hydrogen-bond donors (Lipinski definition) is 0. The van der Waals surface area contributed by atoms with Gasteiger partial charge in [0.05, 0.1) is 14.2 Å². The lowest BCUT2D eigenvalue weighted by molar-refractivity contribution is 0.335. The van der Waals surface area contributed by atoms with Gasteiger partial charge in [-0.1, -0.05) is 0 Å². The Hall–Kier alpha value is -1.92. The first-order valence-corrected chi connectivity index (χ1v) is 7.94. The molecule has 6 nitrogen and oxygen atoms in total. The lowest BCUT2D eigenvalue weighted by Crippen LogP contribution is -2.12. The van der Waals surface area contributed by atoms with Crippen LogP contribution >= 0.6 is 0 Å². The van der Waals surface area contributed by atoms with E-state index in [2.05, 4.69) is 4.99 Å². The Morgan fingerprint density at radius 2 is 1.86 bits per heavy atom. The van der Waals surface area contributed by atoms with Crippen molar-refractivity contribution in [3.05, 3.63) is 17.4 Å². The summed E-state index contributed by atoms with van der Waals surface area (Å²) in [4.78, 5) is 13.7. The van der Waals surface area contributed by atoms with Gasteiger partial charge in [0.1, 0.15) is 16.3 Å². The quantitative estimate of drug-likeness (QED) is 0.608. The summed E-state index contributed by atoms with van der Waals surface area (Å²) in [6, 6.07) is 1.03. The van der Waals surface area contributed by atoms with Crippen LogP contribution in [0, 0.1) is 5.82 Å². The first-order valence-electron chi connectivity index (χ1n) is 6.05. The number of nitrogens with zero attached hydrogens (tertiary/aromatic N) is 1. The summed E-state index contributed by atoms with van der Waals surface area (Å²) in [7, 11) is -1.32. The standard InChI is InChI=1S/C13H14FNO5S/c1-19-10-8(13(4-5-13)15-7-16)6-9(14)12(11(10)20-2)21(3,17)18/h6H,4-5H2,1-3H3. The lowest BCUT2D eigenvalue weighted by atomic mass is 10.0. The highest BCUT2D eigenvalue weighted by Crippen LogP contribution is 2.55. The Morgan fingerprint density at radius 3 is 2.24 bits per heavy atom. The fourth-order valence-corrected chi connectivity index (χ4v) is 3.24. The van der Waals surface area contributed by atoms with Crippen molar-refractivity contribution in [2.45, 2.75) is 23.3 Å². The van der Waals surface area contributed by atoms with Gasteiger partial charge in [0.15, 0.2) is 21.3 Å². The molecule has 2 rings (SSSR count). The summed E-state index contributed by atoms with van der Waals surface area (Å²) in [5.74, 6) is -1.12. The number of ether oxygens (including phenoxy) is 2. The molecule has 0 heterocycles. The predicted molar refractivity (Wildman–Crippen MR) is 71.6 cm³/mol. The summed E-state index contributed by atoms with van der Waals surface area (Å²) in [5.41, 5.74) is -0.618. The van der Waals surface area contributed by atoms with Crippen molar-refractivity contribution in [1.29, 1.82) is 0 Å². The number of isocyanates is 1. The van der Waals surface area contributed by atoms with Gasteiger partial charge in [-0.05, 0) is 18.9 Å². The Bertz CT molecular complexity index is 733. The predicted octanol–water partition coefficient (Wildman–Crippen LogP) is 1.57. The molecule has 0 spiro atoms. The summed E-state index contributed by atoms with van der Waals surface area (Å²) >= 11 is 0. The van der Waals surface area contributed by atoms with Gasteiger partial charge >= 0.3 is 0 Å². The van der Waals surface area contributed by atoms with Crippen molar-refractivity contribution in [2.75, 3.05) is 20.5 Å². The molecule has 0 atom stereocenters. The maximum Gasteiger partial charge on any atom is 0.235 e. The highest BCUT2D eigenvalue weighted by atomic mass is 32.2. The minimum absolute atomic E-state index is 0.0656. The molecule has 1 aliphatic carbocycles. The van der Waals surface area contributed by atoms with E-state index in [9.17, 15) is 17.6 Å². The Labute approximate surface area is 121 Å². The summed E-state index contributed by atoms with van der Waals surface area (Å²) < 4.78 is 48.0. The van der Waals surface area contributed by atoms with Crippen molar-refractivity contribution in [2.24, 2.45) is 4.99 Å². The maximum absolute atomic E-state index is 14.3. The third kappa shape index (κ3) is 2.52. The second-order valence-corrected chi connectivity index (χ2v) is 6.76. The zero-order valence-electron chi connectivity index (χ0n) is 11.8. The van der Waals surface area contributed by atoms with Crippen molar-refractivity contribution in [3.8, 4) is 11.5 Å². The van der Waals surface area contributed by atoms with E-state index in [1.165, 1.54) is 20.3 Å². The van der Waals surface area contributed by atoms with Gasteiger partial charge < -0.3 is 9.47 Å². The molecule has 0 amide bonds. The second kappa shape index (κ2) is 5.13. The number of rotatable bonds is 5. The SMILES string of the molecule is COc1c(C2(N=C=O)CC2)cc(F)c(S(C)(=O)=O)c1OC. The zero-order valence-corrected chi connectivity index (χ0v) is 12.6. The number of carbonyl (C=O) groups excluding carboxylic acids is 1. The first-order chi connectivity index (χ1) is 9.80. The van der Waals surface area contributed by atoms with Gasteiger partial charge in [-0.2, -0.15) is 4.99 Å². The number of hydrogen-bond acceptors (Lipinski definition) is 6. The average Bonchev–Trinajstić information content (AvgIpc) is 3.17. The van der Waals surface area contributed by atoms with Crippen LogP contribution in [0.15, 0.2) is 16.0 Å². The van der Waals surface area contributed by atoms with Crippen LogP contribution in [-0.2, 0) is 20.2 Å². The molecular weight excluding hydrogens is 301 g/mol. The molecule has 1 aliphatic rings. The summed E-state index contributed by atoms with van der Waals surface area (Å²) in [6.07, 6.45) is 3.39. The molecule has 1 fully saturated rings. The summed E-state index contributed by atoms with van der Waals surface area (Å²) in [5, 5.41) is 0. The fourth-order valence-electron chi connectivity index (χ4n) is 2.32. The molecule has 0 radical (unpaired) electrons. The highest BCUT2D eigenvalue weighted by Gasteiger charge is 2.48. The number of halogens is 1. The summed E-state index contributed by atoms with van der Waals surface area (Å²) in [6.45, 7) is 0. The molecule has 1 saturated carbocycles. The number of aliphatic imine (C=N–C) groups is 1. The first kappa shape index (κ1) is 15.5. The van der Waals surface area contributed by atoms with Gasteiger partial charge in [0.2, 0.25) is 6.08 Å². The monoisotopic (exact) mass is 315 g/mol. The van der Waals surface area contributed by atoms with E-state index in [0.717, 1.165) is 12.3 Å². The number of benzene rings is 1. The molecule has 0 unspecified atom stereocenters. The molecule has 114 valence electrons. The molecular formula is C13H14FNO5S. The molecule has 0 saturated heterocycles. The van der Waals surface area contributed by atoms with E-state index in [-0.39, 0.29) is 17.1 Å². The number of methoxy groups -OCH3 is 2. The van der Waals surface area contributed by atoms with Crippen LogP contribution in [0.3, 0.4) is 0 Å². The molecule has 1 aromatic carbocycles. The lowest BCUT2D eigenvalue weighted by Gasteiger charge is -2.19. The Kier molecular flexibility index (Phi) is 3.78. The van der Waals surface area contributed by atoms with E-state index in [1.54, 1.807) is 0 Å². The fraction of sp³-hybridized carbons (Fsp3) is 0.462. The van der Waals surface area contributed by atoms with E-state index in [0.29, 0.717) is 12.8 Å². The van der Waals surface area contributed by atoms with Crippen molar-refractivity contribution < 1.29 is 27.1 Å². The minimum atomic E-state index is -3.85. The molecule has 0 N–H and O–H groups in total. The van der Waals surface area contributed by atoms with E-state index < -0.39 is 26.1 Å². The largest absolute Gasteiger partial charge is 0.492 e. The Balaban J connectivity index is 2.82. The second-order valence-electron chi connectivity index (χ2n) is 4.81. The normalized spacial score (nSPS) is 16.0. The van der Waals surface area contributed by atoms with Crippen LogP contribution in [0.1, 0.15) is 18.4 Å². The van der Waals surface area contributed by atoms with Crippen LogP contribution in [0.25, 0.3) is 0 Å². The van der Waals surface area contributed by atoms with E-state index in [1.807, 2.05) is 0 Å². The van der Waals surface area contributed by atoms with Crippen LogP contribution in [-0.4, -0.2) is 35.0 Å². The van der Waals surface area contributed by atoms with Crippen LogP contribution < -0.4 is 9.47 Å². The zero-order chi connectivity index (χ0) is 15.8. The molecule has 0 bridgehead atoms.